The highest BCUT2D eigenvalue weighted by Gasteiger charge is 2.22. The van der Waals surface area contributed by atoms with Crippen molar-refractivity contribution in [3.05, 3.63) is 194 Å². The predicted octanol–water partition coefficient (Wildman–Crippen LogP) is 14.0. The number of rotatable bonds is 6. The predicted molar refractivity (Wildman–Crippen MR) is 219 cm³/mol. The normalized spacial score (nSPS) is 11.5. The number of thiophene rings is 1. The number of benzene rings is 8. The van der Waals surface area contributed by atoms with Gasteiger partial charge in [-0.15, -0.1) is 11.3 Å². The molecule has 0 spiro atoms. The molecular formula is C48H32N2S. The monoisotopic (exact) mass is 668 g/mol. The zero-order valence-electron chi connectivity index (χ0n) is 27.8. The Kier molecular flexibility index (Phi) is 7.04. The molecule has 0 saturated carbocycles. The lowest BCUT2D eigenvalue weighted by atomic mass is 10.0. The third-order valence-electron chi connectivity index (χ3n) is 9.95. The number of fused-ring (bicyclic) bond motifs is 6. The lowest BCUT2D eigenvalue weighted by Crippen LogP contribution is -2.11. The summed E-state index contributed by atoms with van der Waals surface area (Å²) in [4.78, 5) is 2.47. The van der Waals surface area contributed by atoms with Crippen molar-refractivity contribution in [1.82, 2.24) is 4.57 Å². The zero-order chi connectivity index (χ0) is 33.7. The van der Waals surface area contributed by atoms with E-state index in [2.05, 4.69) is 204 Å². The third kappa shape index (κ3) is 5.01. The van der Waals surface area contributed by atoms with E-state index in [-0.39, 0.29) is 0 Å². The van der Waals surface area contributed by atoms with Gasteiger partial charge in [-0.1, -0.05) is 140 Å². The number of hydrogen-bond acceptors (Lipinski definition) is 2. The molecule has 0 aliphatic heterocycles. The molecule has 0 amide bonds. The van der Waals surface area contributed by atoms with Crippen molar-refractivity contribution in [1.29, 1.82) is 0 Å². The Hall–Kier alpha value is -6.42. The van der Waals surface area contributed by atoms with Gasteiger partial charge in [0.25, 0.3) is 0 Å². The summed E-state index contributed by atoms with van der Waals surface area (Å²) in [5.41, 5.74) is 11.7. The highest BCUT2D eigenvalue weighted by atomic mass is 32.1. The maximum absolute atomic E-state index is 2.47. The van der Waals surface area contributed by atoms with Crippen molar-refractivity contribution in [2.24, 2.45) is 0 Å². The number of aromatic nitrogens is 1. The van der Waals surface area contributed by atoms with E-state index in [4.69, 9.17) is 0 Å². The molecule has 0 N–H and O–H groups in total. The van der Waals surface area contributed by atoms with Gasteiger partial charge < -0.3 is 9.47 Å². The van der Waals surface area contributed by atoms with Crippen molar-refractivity contribution in [3.8, 4) is 27.9 Å². The van der Waals surface area contributed by atoms with Gasteiger partial charge in [0, 0.05) is 43.3 Å². The molecule has 0 bridgehead atoms. The molecule has 3 heteroatoms. The molecular weight excluding hydrogens is 637 g/mol. The summed E-state index contributed by atoms with van der Waals surface area (Å²) in [5, 5.41) is 5.05. The van der Waals surface area contributed by atoms with Gasteiger partial charge in [-0.3, -0.25) is 0 Å². The lowest BCUT2D eigenvalue weighted by molar-refractivity contribution is 1.18. The smallest absolute Gasteiger partial charge is 0.0661 e. The maximum atomic E-state index is 2.47. The molecule has 0 unspecified atom stereocenters. The minimum Gasteiger partial charge on any atom is -0.309 e. The topological polar surface area (TPSA) is 8.17 Å². The Morgan fingerprint density at radius 3 is 1.45 bits per heavy atom. The van der Waals surface area contributed by atoms with E-state index in [0.29, 0.717) is 0 Å². The fourth-order valence-electron chi connectivity index (χ4n) is 7.63. The van der Waals surface area contributed by atoms with Crippen molar-refractivity contribution in [2.75, 3.05) is 4.90 Å². The van der Waals surface area contributed by atoms with E-state index in [1.54, 1.807) is 0 Å². The summed E-state index contributed by atoms with van der Waals surface area (Å²) in [6, 6.07) is 70.5. The number of anilines is 3. The highest BCUT2D eigenvalue weighted by Crippen LogP contribution is 2.48. The molecule has 0 aliphatic carbocycles. The SMILES string of the molecule is c1ccc(-c2cccc(N(c3cccc(-c4ccccc4)c3)c3cc(-n4c5ccccc5c5ccccc54)cc4c3sc3ccccc34)c2)cc1. The number of hydrogen-bond donors (Lipinski definition) is 0. The van der Waals surface area contributed by atoms with E-state index < -0.39 is 0 Å². The van der Waals surface area contributed by atoms with Crippen LogP contribution in [0.1, 0.15) is 0 Å². The molecule has 0 radical (unpaired) electrons. The maximum Gasteiger partial charge on any atom is 0.0661 e. The summed E-state index contributed by atoms with van der Waals surface area (Å²) in [7, 11) is 0. The molecule has 10 aromatic rings. The average molecular weight is 669 g/mol. The van der Waals surface area contributed by atoms with Crippen LogP contribution in [0.5, 0.6) is 0 Å². The van der Waals surface area contributed by atoms with Gasteiger partial charge in [0.15, 0.2) is 0 Å². The van der Waals surface area contributed by atoms with Gasteiger partial charge in [0.2, 0.25) is 0 Å². The number of nitrogens with zero attached hydrogens (tertiary/aromatic N) is 2. The molecule has 51 heavy (non-hydrogen) atoms. The third-order valence-corrected chi connectivity index (χ3v) is 11.2. The summed E-state index contributed by atoms with van der Waals surface area (Å²) in [6.45, 7) is 0. The summed E-state index contributed by atoms with van der Waals surface area (Å²) in [6.07, 6.45) is 0. The quantitative estimate of drug-likeness (QED) is 0.171. The molecule has 0 saturated heterocycles. The van der Waals surface area contributed by atoms with E-state index in [9.17, 15) is 0 Å². The Balaban J connectivity index is 1.30. The van der Waals surface area contributed by atoms with Crippen molar-refractivity contribution >= 4 is 70.4 Å². The van der Waals surface area contributed by atoms with Crippen LogP contribution in [-0.2, 0) is 0 Å². The van der Waals surface area contributed by atoms with Gasteiger partial charge in [0.05, 0.1) is 21.4 Å². The molecule has 0 fully saturated rings. The van der Waals surface area contributed by atoms with Gasteiger partial charge in [-0.2, -0.15) is 0 Å². The molecule has 2 nitrogen and oxygen atoms in total. The van der Waals surface area contributed by atoms with Crippen LogP contribution in [0.3, 0.4) is 0 Å². The lowest BCUT2D eigenvalue weighted by Gasteiger charge is -2.28. The van der Waals surface area contributed by atoms with Gasteiger partial charge >= 0.3 is 0 Å². The van der Waals surface area contributed by atoms with E-state index in [1.165, 1.54) is 64.2 Å². The minimum absolute atomic E-state index is 1.11. The Labute approximate surface area is 300 Å². The first-order valence-electron chi connectivity index (χ1n) is 17.4. The second-order valence-corrected chi connectivity index (χ2v) is 14.0. The first kappa shape index (κ1) is 29.5. The van der Waals surface area contributed by atoms with Gasteiger partial charge in [-0.05, 0) is 76.9 Å². The second kappa shape index (κ2) is 12.2. The van der Waals surface area contributed by atoms with Crippen LogP contribution in [0.2, 0.25) is 0 Å². The van der Waals surface area contributed by atoms with Crippen LogP contribution in [-0.4, -0.2) is 4.57 Å². The summed E-state index contributed by atoms with van der Waals surface area (Å²) in [5.74, 6) is 0. The number of para-hydroxylation sites is 2. The Morgan fingerprint density at radius 1 is 0.373 bits per heavy atom. The van der Waals surface area contributed by atoms with Crippen molar-refractivity contribution in [2.45, 2.75) is 0 Å². The largest absolute Gasteiger partial charge is 0.309 e. The van der Waals surface area contributed by atoms with Crippen LogP contribution >= 0.6 is 11.3 Å². The standard InChI is InChI=1S/C48H32N2S/c1-3-15-33(16-4-1)35-19-13-21-37(29-35)49(38-22-14-20-36(30-38)34-17-5-2-6-18-34)46-32-39(31-43-42-25-9-12-28-47(42)51-48(43)46)50-44-26-10-7-23-40(44)41-24-8-11-27-45(41)50/h1-32H. The van der Waals surface area contributed by atoms with Crippen molar-refractivity contribution < 1.29 is 0 Å². The molecule has 10 rings (SSSR count). The zero-order valence-corrected chi connectivity index (χ0v) is 28.6. The summed E-state index contributed by atoms with van der Waals surface area (Å²) >= 11 is 1.87. The first-order chi connectivity index (χ1) is 25.3. The molecule has 2 aromatic heterocycles. The van der Waals surface area contributed by atoms with Crippen molar-refractivity contribution in [3.63, 3.8) is 0 Å². The first-order valence-corrected chi connectivity index (χ1v) is 18.2. The second-order valence-electron chi connectivity index (χ2n) is 13.0. The minimum atomic E-state index is 1.11. The van der Waals surface area contributed by atoms with Crippen LogP contribution in [0.15, 0.2) is 194 Å². The fourth-order valence-corrected chi connectivity index (χ4v) is 8.82. The van der Waals surface area contributed by atoms with Crippen LogP contribution < -0.4 is 4.90 Å². The molecule has 8 aromatic carbocycles. The van der Waals surface area contributed by atoms with Gasteiger partial charge in [-0.25, -0.2) is 0 Å². The fraction of sp³-hybridized carbons (Fsp3) is 0. The van der Waals surface area contributed by atoms with E-state index >= 15 is 0 Å². The van der Waals surface area contributed by atoms with E-state index in [0.717, 1.165) is 22.7 Å². The van der Waals surface area contributed by atoms with E-state index in [1.807, 2.05) is 11.3 Å². The Morgan fingerprint density at radius 2 is 0.863 bits per heavy atom. The van der Waals surface area contributed by atoms with Crippen LogP contribution in [0.25, 0.3) is 69.9 Å². The van der Waals surface area contributed by atoms with Crippen LogP contribution in [0.4, 0.5) is 17.1 Å². The van der Waals surface area contributed by atoms with Gasteiger partial charge in [0.1, 0.15) is 0 Å². The Bertz CT molecular complexity index is 2730. The highest BCUT2D eigenvalue weighted by molar-refractivity contribution is 7.26. The molecule has 0 atom stereocenters. The summed E-state index contributed by atoms with van der Waals surface area (Å²) < 4.78 is 4.99. The molecule has 240 valence electrons. The van der Waals surface area contributed by atoms with Crippen LogP contribution in [0, 0.1) is 0 Å². The molecule has 2 heterocycles. The average Bonchev–Trinajstić information content (AvgIpc) is 3.75. The molecule has 0 aliphatic rings.